The van der Waals surface area contributed by atoms with E-state index in [-0.39, 0.29) is 0 Å². The fraction of sp³-hybridized carbons (Fsp3) is 0.0952. The first-order chi connectivity index (χ1) is 13.8. The van der Waals surface area contributed by atoms with E-state index in [0.717, 1.165) is 34.4 Å². The first-order valence-corrected chi connectivity index (χ1v) is 9.84. The van der Waals surface area contributed by atoms with Gasteiger partial charge in [-0.1, -0.05) is 65.9 Å². The molecule has 5 rings (SSSR count). The van der Waals surface area contributed by atoms with Crippen LogP contribution in [0.1, 0.15) is 11.1 Å². The van der Waals surface area contributed by atoms with E-state index in [0.29, 0.717) is 0 Å². The van der Waals surface area contributed by atoms with Gasteiger partial charge in [0.1, 0.15) is 0 Å². The predicted octanol–water partition coefficient (Wildman–Crippen LogP) is 4.31. The molecule has 5 aromatic rings. The normalized spacial score (nSPS) is 11.1. The number of anilines is 1. The summed E-state index contributed by atoms with van der Waals surface area (Å²) >= 11 is 1.56. The van der Waals surface area contributed by atoms with E-state index >= 15 is 0 Å². The molecule has 3 aromatic heterocycles. The zero-order chi connectivity index (χ0) is 18.8. The van der Waals surface area contributed by atoms with Gasteiger partial charge in [0.15, 0.2) is 0 Å². The van der Waals surface area contributed by atoms with Gasteiger partial charge in [-0.25, -0.2) is 14.5 Å². The maximum absolute atomic E-state index is 4.68. The van der Waals surface area contributed by atoms with E-state index in [1.54, 1.807) is 17.5 Å². The third kappa shape index (κ3) is 3.52. The van der Waals surface area contributed by atoms with Crippen molar-refractivity contribution in [2.24, 2.45) is 0 Å². The number of aromatic nitrogens is 5. The monoisotopic (exact) mass is 386 g/mol. The Balaban J connectivity index is 1.24. The molecule has 2 aromatic carbocycles. The zero-order valence-corrected chi connectivity index (χ0v) is 15.9. The van der Waals surface area contributed by atoms with Crippen molar-refractivity contribution >= 4 is 21.4 Å². The highest BCUT2D eigenvalue weighted by molar-refractivity contribution is 7.20. The molecule has 0 unspecified atom stereocenters. The highest BCUT2D eigenvalue weighted by Crippen LogP contribution is 2.24. The van der Waals surface area contributed by atoms with E-state index in [9.17, 15) is 0 Å². The van der Waals surface area contributed by atoms with Crippen molar-refractivity contribution in [2.75, 3.05) is 5.32 Å². The Hall–Kier alpha value is -3.45. The summed E-state index contributed by atoms with van der Waals surface area (Å²) in [6.07, 6.45) is 7.57. The van der Waals surface area contributed by atoms with Gasteiger partial charge in [0.25, 0.3) is 0 Å². The molecule has 0 fully saturated rings. The molecule has 1 N–H and O–H groups in total. The highest BCUT2D eigenvalue weighted by atomic mass is 32.1. The molecule has 0 aliphatic carbocycles. The molecule has 6 nitrogen and oxygen atoms in total. The molecule has 0 bridgehead atoms. The summed E-state index contributed by atoms with van der Waals surface area (Å²) < 4.78 is 3.89. The summed E-state index contributed by atoms with van der Waals surface area (Å²) in [6, 6.07) is 18.7. The van der Waals surface area contributed by atoms with Crippen molar-refractivity contribution in [3.63, 3.8) is 0 Å². The van der Waals surface area contributed by atoms with Crippen molar-refractivity contribution in [1.82, 2.24) is 24.1 Å². The van der Waals surface area contributed by atoms with E-state index in [2.05, 4.69) is 61.3 Å². The van der Waals surface area contributed by atoms with Crippen LogP contribution in [0.3, 0.4) is 0 Å². The highest BCUT2D eigenvalue weighted by Gasteiger charge is 2.09. The molecule has 0 saturated carbocycles. The SMILES string of the molecule is c1ccc(-c2cn3nc(NCc4ccc(Cn5ccnc5)cc4)sc3n2)cc1. The minimum atomic E-state index is 0.730. The number of nitrogens with zero attached hydrogens (tertiary/aromatic N) is 5. The standard InChI is InChI=1S/C21H18N6S/c1-2-4-18(5-3-1)19-14-27-21(24-19)28-20(25-27)23-12-16-6-8-17(9-7-16)13-26-11-10-22-15-26/h1-11,14-15H,12-13H2,(H,23,25). The summed E-state index contributed by atoms with van der Waals surface area (Å²) in [7, 11) is 0. The Bertz CT molecular complexity index is 1140. The van der Waals surface area contributed by atoms with Gasteiger partial charge in [0.2, 0.25) is 10.1 Å². The van der Waals surface area contributed by atoms with Gasteiger partial charge in [-0.05, 0) is 11.1 Å². The van der Waals surface area contributed by atoms with Crippen LogP contribution in [0.4, 0.5) is 5.13 Å². The minimum Gasteiger partial charge on any atom is -0.356 e. The molecule has 28 heavy (non-hydrogen) atoms. The Kier molecular flexibility index (Phi) is 4.34. The Morgan fingerprint density at radius 1 is 0.964 bits per heavy atom. The molecule has 0 saturated heterocycles. The largest absolute Gasteiger partial charge is 0.356 e. The molecule has 0 radical (unpaired) electrons. The molecule has 3 heterocycles. The number of rotatable bonds is 6. The summed E-state index contributed by atoms with van der Waals surface area (Å²) in [6.45, 7) is 1.56. The number of imidazole rings is 2. The van der Waals surface area contributed by atoms with Crippen LogP contribution in [0.5, 0.6) is 0 Å². The summed E-state index contributed by atoms with van der Waals surface area (Å²) in [5.41, 5.74) is 4.51. The smallest absolute Gasteiger partial charge is 0.214 e. The lowest BCUT2D eigenvalue weighted by atomic mass is 10.1. The number of hydrogen-bond acceptors (Lipinski definition) is 5. The maximum atomic E-state index is 4.68. The Morgan fingerprint density at radius 2 is 1.79 bits per heavy atom. The van der Waals surface area contributed by atoms with E-state index < -0.39 is 0 Å². The summed E-state index contributed by atoms with van der Waals surface area (Å²) in [5, 5.41) is 8.85. The molecular weight excluding hydrogens is 368 g/mol. The van der Waals surface area contributed by atoms with Crippen LogP contribution in [0, 0.1) is 0 Å². The quantitative estimate of drug-likeness (QED) is 0.472. The first-order valence-electron chi connectivity index (χ1n) is 9.02. The topological polar surface area (TPSA) is 60.0 Å². The number of benzene rings is 2. The van der Waals surface area contributed by atoms with Gasteiger partial charge in [0.05, 0.1) is 18.2 Å². The fourth-order valence-corrected chi connectivity index (χ4v) is 3.83. The van der Waals surface area contributed by atoms with Gasteiger partial charge in [0, 0.05) is 31.0 Å². The van der Waals surface area contributed by atoms with E-state index in [1.807, 2.05) is 41.4 Å². The first kappa shape index (κ1) is 16.7. The fourth-order valence-electron chi connectivity index (χ4n) is 3.05. The molecule has 0 aliphatic heterocycles. The third-order valence-corrected chi connectivity index (χ3v) is 5.38. The van der Waals surface area contributed by atoms with Crippen LogP contribution in [0.15, 0.2) is 79.5 Å². The van der Waals surface area contributed by atoms with Crippen LogP contribution in [-0.2, 0) is 13.1 Å². The average Bonchev–Trinajstić information content (AvgIpc) is 3.45. The van der Waals surface area contributed by atoms with Crippen LogP contribution < -0.4 is 5.32 Å². The minimum absolute atomic E-state index is 0.730. The number of fused-ring (bicyclic) bond motifs is 1. The molecule has 138 valence electrons. The molecule has 0 atom stereocenters. The summed E-state index contributed by atoms with van der Waals surface area (Å²) in [4.78, 5) is 9.64. The maximum Gasteiger partial charge on any atom is 0.214 e. The molecule has 0 amide bonds. The Labute approximate surface area is 166 Å². The lowest BCUT2D eigenvalue weighted by Crippen LogP contribution is -2.01. The van der Waals surface area contributed by atoms with Crippen molar-refractivity contribution in [3.8, 4) is 11.3 Å². The van der Waals surface area contributed by atoms with Crippen molar-refractivity contribution in [3.05, 3.63) is 90.6 Å². The molecule has 0 aliphatic rings. The van der Waals surface area contributed by atoms with Gasteiger partial charge in [-0.2, -0.15) is 0 Å². The predicted molar refractivity (Wildman–Crippen MR) is 111 cm³/mol. The van der Waals surface area contributed by atoms with Crippen molar-refractivity contribution < 1.29 is 0 Å². The van der Waals surface area contributed by atoms with Gasteiger partial charge in [-0.3, -0.25) is 0 Å². The van der Waals surface area contributed by atoms with E-state index in [4.69, 9.17) is 0 Å². The number of nitrogens with one attached hydrogen (secondary N) is 1. The lowest BCUT2D eigenvalue weighted by molar-refractivity contribution is 0.797. The lowest BCUT2D eigenvalue weighted by Gasteiger charge is -2.05. The van der Waals surface area contributed by atoms with Crippen LogP contribution in [-0.4, -0.2) is 24.1 Å². The van der Waals surface area contributed by atoms with Crippen LogP contribution in [0.2, 0.25) is 0 Å². The van der Waals surface area contributed by atoms with Gasteiger partial charge >= 0.3 is 0 Å². The third-order valence-electron chi connectivity index (χ3n) is 4.50. The second-order valence-electron chi connectivity index (χ2n) is 6.53. The van der Waals surface area contributed by atoms with Crippen molar-refractivity contribution in [2.45, 2.75) is 13.1 Å². The number of hydrogen-bond donors (Lipinski definition) is 1. The zero-order valence-electron chi connectivity index (χ0n) is 15.1. The Morgan fingerprint density at radius 3 is 2.54 bits per heavy atom. The second-order valence-corrected chi connectivity index (χ2v) is 7.49. The van der Waals surface area contributed by atoms with Crippen LogP contribution >= 0.6 is 11.3 Å². The second kappa shape index (κ2) is 7.28. The van der Waals surface area contributed by atoms with Gasteiger partial charge in [-0.15, -0.1) is 5.10 Å². The van der Waals surface area contributed by atoms with Crippen molar-refractivity contribution in [1.29, 1.82) is 0 Å². The summed E-state index contributed by atoms with van der Waals surface area (Å²) in [5.74, 6) is 0. The van der Waals surface area contributed by atoms with E-state index in [1.165, 1.54) is 11.1 Å². The molecule has 7 heteroatoms. The van der Waals surface area contributed by atoms with Crippen LogP contribution in [0.25, 0.3) is 16.2 Å². The van der Waals surface area contributed by atoms with Gasteiger partial charge < -0.3 is 9.88 Å². The average molecular weight is 386 g/mol. The molecular formula is C21H18N6S. The molecule has 0 spiro atoms.